The summed E-state index contributed by atoms with van der Waals surface area (Å²) >= 11 is 3.41. The van der Waals surface area contributed by atoms with Crippen molar-refractivity contribution in [2.75, 3.05) is 5.33 Å². The molecule has 0 aromatic carbocycles. The minimum atomic E-state index is 1.12. The Balaban J connectivity index is 2.04. The second kappa shape index (κ2) is 5.35. The van der Waals surface area contributed by atoms with E-state index in [1.54, 1.807) is 6.20 Å². The lowest BCUT2D eigenvalue weighted by Gasteiger charge is -1.95. The summed E-state index contributed by atoms with van der Waals surface area (Å²) < 4.78 is 0. The summed E-state index contributed by atoms with van der Waals surface area (Å²) in [5.74, 6) is 0. The summed E-state index contributed by atoms with van der Waals surface area (Å²) in [5, 5.41) is 7.96. The minimum Gasteiger partial charge on any atom is -0.283 e. The predicted molar refractivity (Wildman–Crippen MR) is 49.9 cm³/mol. The Bertz CT molecular complexity index is 172. The highest BCUT2D eigenvalue weighted by atomic mass is 79.9. The number of aromatic amines is 1. The van der Waals surface area contributed by atoms with Crippen LogP contribution in [-0.2, 0) is 6.42 Å². The first-order chi connectivity index (χ1) is 5.43. The molecule has 11 heavy (non-hydrogen) atoms. The van der Waals surface area contributed by atoms with Crippen LogP contribution in [0.15, 0.2) is 12.3 Å². The molecule has 1 aromatic rings. The van der Waals surface area contributed by atoms with Gasteiger partial charge in [-0.15, -0.1) is 0 Å². The molecule has 1 aromatic heterocycles. The molecule has 1 heterocycles. The average Bonchev–Trinajstić information content (AvgIpc) is 2.50. The van der Waals surface area contributed by atoms with Gasteiger partial charge in [0.25, 0.3) is 0 Å². The first-order valence-corrected chi connectivity index (χ1v) is 5.10. The molecule has 0 saturated heterocycles. The van der Waals surface area contributed by atoms with Crippen LogP contribution in [0.4, 0.5) is 0 Å². The molecule has 0 amide bonds. The summed E-state index contributed by atoms with van der Waals surface area (Å²) in [5.41, 5.74) is 1.25. The summed E-state index contributed by atoms with van der Waals surface area (Å²) in [6, 6.07) is 2.04. The number of nitrogens with zero attached hydrogens (tertiary/aromatic N) is 1. The molecule has 0 spiro atoms. The molecule has 2 nitrogen and oxygen atoms in total. The number of H-pyrrole nitrogens is 1. The molecule has 0 unspecified atom stereocenters. The number of unbranched alkanes of at least 4 members (excludes halogenated alkanes) is 2. The smallest absolute Gasteiger partial charge is 0.0490 e. The number of rotatable bonds is 5. The third-order valence-electron chi connectivity index (χ3n) is 1.64. The van der Waals surface area contributed by atoms with Crippen molar-refractivity contribution in [2.24, 2.45) is 0 Å². The zero-order chi connectivity index (χ0) is 7.94. The van der Waals surface area contributed by atoms with Gasteiger partial charge in [0.2, 0.25) is 0 Å². The van der Waals surface area contributed by atoms with E-state index in [1.165, 1.54) is 25.0 Å². The standard InChI is InChI=1S/C8H13BrN2/c9-6-3-1-2-4-8-5-7-10-11-8/h5,7H,1-4,6H2,(H,10,11). The molecule has 0 radical (unpaired) electrons. The number of aromatic nitrogens is 2. The molecular formula is C8H13BrN2. The van der Waals surface area contributed by atoms with E-state index in [0.29, 0.717) is 0 Å². The third-order valence-corrected chi connectivity index (χ3v) is 2.20. The van der Waals surface area contributed by atoms with E-state index in [9.17, 15) is 0 Å². The van der Waals surface area contributed by atoms with Crippen molar-refractivity contribution in [1.82, 2.24) is 10.2 Å². The fourth-order valence-electron chi connectivity index (χ4n) is 1.01. The summed E-state index contributed by atoms with van der Waals surface area (Å²) in [7, 11) is 0. The van der Waals surface area contributed by atoms with Gasteiger partial charge >= 0.3 is 0 Å². The molecule has 0 saturated carbocycles. The second-order valence-electron chi connectivity index (χ2n) is 2.58. The van der Waals surface area contributed by atoms with Gasteiger partial charge in [-0.2, -0.15) is 5.10 Å². The molecule has 0 aliphatic rings. The largest absolute Gasteiger partial charge is 0.283 e. The van der Waals surface area contributed by atoms with E-state index in [1.807, 2.05) is 6.07 Å². The molecular weight excluding hydrogens is 204 g/mol. The van der Waals surface area contributed by atoms with E-state index in [-0.39, 0.29) is 0 Å². The third kappa shape index (κ3) is 3.56. The Labute approximate surface area is 75.5 Å². The number of aryl methyl sites for hydroxylation is 1. The lowest BCUT2D eigenvalue weighted by molar-refractivity contribution is 0.711. The zero-order valence-electron chi connectivity index (χ0n) is 6.52. The maximum Gasteiger partial charge on any atom is 0.0490 e. The highest BCUT2D eigenvalue weighted by molar-refractivity contribution is 9.09. The monoisotopic (exact) mass is 216 g/mol. The maximum atomic E-state index is 3.89. The van der Waals surface area contributed by atoms with E-state index in [4.69, 9.17) is 0 Å². The van der Waals surface area contributed by atoms with E-state index >= 15 is 0 Å². The molecule has 1 N–H and O–H groups in total. The van der Waals surface area contributed by atoms with E-state index < -0.39 is 0 Å². The van der Waals surface area contributed by atoms with Crippen LogP contribution in [0.2, 0.25) is 0 Å². The van der Waals surface area contributed by atoms with Gasteiger partial charge in [-0.1, -0.05) is 22.4 Å². The van der Waals surface area contributed by atoms with Crippen molar-refractivity contribution in [3.63, 3.8) is 0 Å². The van der Waals surface area contributed by atoms with Crippen LogP contribution in [0.1, 0.15) is 25.0 Å². The van der Waals surface area contributed by atoms with Crippen molar-refractivity contribution in [2.45, 2.75) is 25.7 Å². The van der Waals surface area contributed by atoms with Crippen LogP contribution in [-0.4, -0.2) is 15.5 Å². The van der Waals surface area contributed by atoms with Crippen LogP contribution in [0.25, 0.3) is 0 Å². The van der Waals surface area contributed by atoms with Crippen LogP contribution < -0.4 is 0 Å². The van der Waals surface area contributed by atoms with Gasteiger partial charge in [-0.3, -0.25) is 5.10 Å². The molecule has 0 aliphatic heterocycles. The summed E-state index contributed by atoms with van der Waals surface area (Å²) in [6.45, 7) is 0. The molecule has 0 bridgehead atoms. The van der Waals surface area contributed by atoms with Crippen LogP contribution in [0, 0.1) is 0 Å². The van der Waals surface area contributed by atoms with Crippen LogP contribution in [0.3, 0.4) is 0 Å². The van der Waals surface area contributed by atoms with Crippen molar-refractivity contribution in [3.05, 3.63) is 18.0 Å². The van der Waals surface area contributed by atoms with Crippen molar-refractivity contribution in [1.29, 1.82) is 0 Å². The second-order valence-corrected chi connectivity index (χ2v) is 3.37. The normalized spacial score (nSPS) is 10.3. The van der Waals surface area contributed by atoms with E-state index in [2.05, 4.69) is 26.1 Å². The Morgan fingerprint density at radius 3 is 2.91 bits per heavy atom. The molecule has 3 heteroatoms. The number of nitrogens with one attached hydrogen (secondary N) is 1. The number of halogens is 1. The minimum absolute atomic E-state index is 1.12. The number of alkyl halides is 1. The van der Waals surface area contributed by atoms with Gasteiger partial charge in [-0.05, 0) is 25.3 Å². The van der Waals surface area contributed by atoms with E-state index in [0.717, 1.165) is 11.8 Å². The molecule has 1 rings (SSSR count). The van der Waals surface area contributed by atoms with Gasteiger partial charge in [0, 0.05) is 17.2 Å². The lowest BCUT2D eigenvalue weighted by atomic mass is 10.2. The van der Waals surface area contributed by atoms with Crippen molar-refractivity contribution < 1.29 is 0 Å². The Kier molecular flexibility index (Phi) is 4.28. The Hall–Kier alpha value is -0.310. The highest BCUT2D eigenvalue weighted by Gasteiger charge is 1.92. The summed E-state index contributed by atoms with van der Waals surface area (Å²) in [6.07, 6.45) is 6.76. The van der Waals surface area contributed by atoms with Gasteiger partial charge in [0.05, 0.1) is 0 Å². The van der Waals surface area contributed by atoms with Gasteiger partial charge in [0.15, 0.2) is 0 Å². The van der Waals surface area contributed by atoms with Crippen LogP contribution in [0.5, 0.6) is 0 Å². The SMILES string of the molecule is BrCCCCCc1ccn[nH]1. The topological polar surface area (TPSA) is 28.7 Å². The first-order valence-electron chi connectivity index (χ1n) is 3.97. The zero-order valence-corrected chi connectivity index (χ0v) is 8.10. The fraction of sp³-hybridized carbons (Fsp3) is 0.625. The predicted octanol–water partition coefficient (Wildman–Crippen LogP) is 2.52. The molecule has 0 fully saturated rings. The molecule has 62 valence electrons. The maximum absolute atomic E-state index is 3.89. The fourth-order valence-corrected chi connectivity index (χ4v) is 1.41. The lowest BCUT2D eigenvalue weighted by Crippen LogP contribution is -1.86. The molecule has 0 aliphatic carbocycles. The average molecular weight is 217 g/mol. The van der Waals surface area contributed by atoms with Crippen LogP contribution >= 0.6 is 15.9 Å². The Morgan fingerprint density at radius 2 is 2.27 bits per heavy atom. The number of hydrogen-bond acceptors (Lipinski definition) is 1. The van der Waals surface area contributed by atoms with Gasteiger partial charge < -0.3 is 0 Å². The molecule has 0 atom stereocenters. The first kappa shape index (κ1) is 8.78. The highest BCUT2D eigenvalue weighted by Crippen LogP contribution is 2.03. The Morgan fingerprint density at radius 1 is 1.36 bits per heavy atom. The van der Waals surface area contributed by atoms with Gasteiger partial charge in [0.1, 0.15) is 0 Å². The van der Waals surface area contributed by atoms with Crippen molar-refractivity contribution in [3.8, 4) is 0 Å². The van der Waals surface area contributed by atoms with Crippen molar-refractivity contribution >= 4 is 15.9 Å². The van der Waals surface area contributed by atoms with Gasteiger partial charge in [-0.25, -0.2) is 0 Å². The summed E-state index contributed by atoms with van der Waals surface area (Å²) in [4.78, 5) is 0. The number of hydrogen-bond donors (Lipinski definition) is 1. The quantitative estimate of drug-likeness (QED) is 0.595.